The van der Waals surface area contributed by atoms with E-state index >= 15 is 0 Å². The predicted molar refractivity (Wildman–Crippen MR) is 151 cm³/mol. The fourth-order valence-electron chi connectivity index (χ4n) is 6.58. The zero-order chi connectivity index (χ0) is 26.8. The predicted octanol–water partition coefficient (Wildman–Crippen LogP) is 5.95. The maximum atomic E-state index is 14.0. The van der Waals surface area contributed by atoms with Gasteiger partial charge in [-0.25, -0.2) is 4.99 Å². The van der Waals surface area contributed by atoms with E-state index < -0.39 is 5.92 Å². The third-order valence-corrected chi connectivity index (χ3v) is 8.59. The minimum atomic E-state index is -0.431. The van der Waals surface area contributed by atoms with Crippen molar-refractivity contribution in [3.05, 3.63) is 40.7 Å². The molecule has 2 fully saturated rings. The smallest absolute Gasteiger partial charge is 0.254 e. The summed E-state index contributed by atoms with van der Waals surface area (Å²) in [5.74, 6) is 0.631. The molecular formula is C31H41N3O4. The van der Waals surface area contributed by atoms with Gasteiger partial charge in [0, 0.05) is 61.1 Å². The third kappa shape index (κ3) is 5.18. The van der Waals surface area contributed by atoms with Crippen LogP contribution in [0.25, 0.3) is 11.0 Å². The van der Waals surface area contributed by atoms with Crippen LogP contribution in [0.4, 0.5) is 5.69 Å². The van der Waals surface area contributed by atoms with Gasteiger partial charge in [-0.05, 0) is 70.6 Å². The largest absolute Gasteiger partial charge is 0.461 e. The lowest BCUT2D eigenvalue weighted by Gasteiger charge is -2.37. The van der Waals surface area contributed by atoms with E-state index in [4.69, 9.17) is 9.15 Å². The van der Waals surface area contributed by atoms with E-state index in [1.807, 2.05) is 19.9 Å². The Bertz CT molecular complexity index is 1260. The maximum absolute atomic E-state index is 14.0. The average Bonchev–Trinajstić information content (AvgIpc) is 3.58. The molecule has 1 aromatic carbocycles. The number of amides is 2. The lowest BCUT2D eigenvalue weighted by atomic mass is 9.93. The normalized spacial score (nSPS) is 21.1. The van der Waals surface area contributed by atoms with Crippen LogP contribution in [0.3, 0.4) is 0 Å². The molecule has 0 radical (unpaired) electrons. The zero-order valence-electron chi connectivity index (χ0n) is 23.3. The molecule has 7 nitrogen and oxygen atoms in total. The van der Waals surface area contributed by atoms with Crippen LogP contribution >= 0.6 is 0 Å². The van der Waals surface area contributed by atoms with Gasteiger partial charge in [-0.1, -0.05) is 25.3 Å². The number of nitrogens with one attached hydrogen (secondary N) is 1. The van der Waals surface area contributed by atoms with Gasteiger partial charge in [0.25, 0.3) is 11.8 Å². The van der Waals surface area contributed by atoms with Crippen molar-refractivity contribution in [3.8, 4) is 0 Å². The Hall–Kier alpha value is -2.93. The molecule has 0 bridgehead atoms. The highest BCUT2D eigenvalue weighted by Crippen LogP contribution is 2.41. The van der Waals surface area contributed by atoms with Gasteiger partial charge < -0.3 is 19.4 Å². The van der Waals surface area contributed by atoms with Crippen molar-refractivity contribution in [2.24, 2.45) is 10.9 Å². The standard InChI is InChI=1S/C31H41N3O4/c1-5-23-26(34(6-2)22-11-13-37-14-12-22)17-28-24(16-27(38-28)21-9-7-8-10-21)29(23)31(36)32-18-25-19(3)15-20(4)33-30(25)35/h15-17,21-22,25H,5-14,18H2,1-4H3,(H,32,36). The molecule has 3 aliphatic rings. The number of benzene rings is 1. The van der Waals surface area contributed by atoms with Crippen LogP contribution in [0.2, 0.25) is 0 Å². The number of hydrogen-bond acceptors (Lipinski definition) is 5. The molecule has 1 saturated carbocycles. The number of furan rings is 1. The van der Waals surface area contributed by atoms with Crippen LogP contribution < -0.4 is 10.2 Å². The monoisotopic (exact) mass is 519 g/mol. The van der Waals surface area contributed by atoms with Gasteiger partial charge in [0.1, 0.15) is 11.3 Å². The number of carbonyl (C=O) groups excluding carboxylic acids is 2. The number of nitrogens with zero attached hydrogens (tertiary/aromatic N) is 2. The molecule has 1 unspecified atom stereocenters. The number of allylic oxidation sites excluding steroid dienone is 1. The molecule has 2 aromatic rings. The van der Waals surface area contributed by atoms with Crippen molar-refractivity contribution in [1.29, 1.82) is 0 Å². The summed E-state index contributed by atoms with van der Waals surface area (Å²) in [5, 5.41) is 3.98. The molecule has 1 aliphatic carbocycles. The molecule has 2 aliphatic heterocycles. The molecule has 7 heteroatoms. The van der Waals surface area contributed by atoms with Crippen LogP contribution in [-0.4, -0.2) is 49.9 Å². The van der Waals surface area contributed by atoms with Crippen LogP contribution in [0, 0.1) is 5.92 Å². The number of fused-ring (bicyclic) bond motifs is 1. The first-order chi connectivity index (χ1) is 18.4. The fraction of sp³-hybridized carbons (Fsp3) is 0.581. The Balaban J connectivity index is 1.55. The van der Waals surface area contributed by atoms with Gasteiger partial charge in [0.15, 0.2) is 0 Å². The molecule has 1 atom stereocenters. The first-order valence-electron chi connectivity index (χ1n) is 14.4. The molecule has 1 N–H and O–H groups in total. The Morgan fingerprint density at radius 3 is 2.50 bits per heavy atom. The Labute approximate surface area is 225 Å². The molecular weight excluding hydrogens is 478 g/mol. The quantitative estimate of drug-likeness (QED) is 0.466. The summed E-state index contributed by atoms with van der Waals surface area (Å²) >= 11 is 0. The van der Waals surface area contributed by atoms with Gasteiger partial charge >= 0.3 is 0 Å². The lowest BCUT2D eigenvalue weighted by molar-refractivity contribution is -0.120. The maximum Gasteiger partial charge on any atom is 0.254 e. The fourth-order valence-corrected chi connectivity index (χ4v) is 6.58. The van der Waals surface area contributed by atoms with Crippen molar-refractivity contribution < 1.29 is 18.7 Å². The summed E-state index contributed by atoms with van der Waals surface area (Å²) in [5.41, 5.74) is 5.22. The van der Waals surface area contributed by atoms with E-state index in [2.05, 4.69) is 41.2 Å². The van der Waals surface area contributed by atoms with Crippen LogP contribution in [0.15, 0.2) is 33.2 Å². The Morgan fingerprint density at radius 2 is 1.84 bits per heavy atom. The van der Waals surface area contributed by atoms with Crippen LogP contribution in [0.5, 0.6) is 0 Å². The average molecular weight is 520 g/mol. The van der Waals surface area contributed by atoms with E-state index in [9.17, 15) is 9.59 Å². The Kier molecular flexibility index (Phi) is 8.03. The summed E-state index contributed by atoms with van der Waals surface area (Å²) < 4.78 is 12.1. The number of carbonyl (C=O) groups is 2. The Morgan fingerprint density at radius 1 is 1.11 bits per heavy atom. The number of rotatable bonds is 8. The molecule has 5 rings (SSSR count). The van der Waals surface area contributed by atoms with E-state index in [1.165, 1.54) is 12.8 Å². The van der Waals surface area contributed by atoms with Gasteiger partial charge in [0.05, 0.1) is 11.5 Å². The third-order valence-electron chi connectivity index (χ3n) is 8.59. The summed E-state index contributed by atoms with van der Waals surface area (Å²) in [6.07, 6.45) is 9.29. The number of dihydropyridines is 1. The zero-order valence-corrected chi connectivity index (χ0v) is 23.3. The SMILES string of the molecule is CCc1c(N(CC)C2CCOCC2)cc2oc(C3CCCC3)cc2c1C(=O)NCC1C(=O)N=C(C)C=C1C. The molecule has 2 amide bonds. The first kappa shape index (κ1) is 26.7. The summed E-state index contributed by atoms with van der Waals surface area (Å²) in [7, 11) is 0. The first-order valence-corrected chi connectivity index (χ1v) is 14.4. The number of ether oxygens (including phenoxy) is 1. The summed E-state index contributed by atoms with van der Waals surface area (Å²) in [6.45, 7) is 10.6. The minimum absolute atomic E-state index is 0.151. The van der Waals surface area contributed by atoms with Crippen LogP contribution in [0.1, 0.15) is 93.8 Å². The molecule has 1 saturated heterocycles. The van der Waals surface area contributed by atoms with Crippen molar-refractivity contribution in [2.75, 3.05) is 31.2 Å². The van der Waals surface area contributed by atoms with E-state index in [0.717, 1.165) is 85.4 Å². The second-order valence-corrected chi connectivity index (χ2v) is 11.0. The number of aliphatic imine (C=N–C) groups is 1. The lowest BCUT2D eigenvalue weighted by Crippen LogP contribution is -2.40. The topological polar surface area (TPSA) is 84.1 Å². The van der Waals surface area contributed by atoms with Gasteiger partial charge in [-0.15, -0.1) is 0 Å². The molecule has 0 spiro atoms. The second kappa shape index (κ2) is 11.4. The van der Waals surface area contributed by atoms with Crippen LogP contribution in [-0.2, 0) is 16.0 Å². The summed E-state index contributed by atoms with van der Waals surface area (Å²) in [4.78, 5) is 33.1. The minimum Gasteiger partial charge on any atom is -0.461 e. The molecule has 204 valence electrons. The van der Waals surface area contributed by atoms with Crippen molar-refractivity contribution in [3.63, 3.8) is 0 Å². The second-order valence-electron chi connectivity index (χ2n) is 11.0. The van der Waals surface area contributed by atoms with Crippen molar-refractivity contribution in [2.45, 2.75) is 84.6 Å². The summed E-state index contributed by atoms with van der Waals surface area (Å²) in [6, 6.07) is 4.64. The van der Waals surface area contributed by atoms with Gasteiger partial charge in [0.2, 0.25) is 0 Å². The highest BCUT2D eigenvalue weighted by atomic mass is 16.5. The number of hydrogen-bond donors (Lipinski definition) is 1. The van der Waals surface area contributed by atoms with Crippen molar-refractivity contribution in [1.82, 2.24) is 5.32 Å². The van der Waals surface area contributed by atoms with Gasteiger partial charge in [-0.3, -0.25) is 9.59 Å². The number of anilines is 1. The van der Waals surface area contributed by atoms with E-state index in [-0.39, 0.29) is 18.4 Å². The van der Waals surface area contributed by atoms with E-state index in [1.54, 1.807) is 0 Å². The van der Waals surface area contributed by atoms with E-state index in [0.29, 0.717) is 23.2 Å². The highest BCUT2D eigenvalue weighted by Gasteiger charge is 2.30. The van der Waals surface area contributed by atoms with Gasteiger partial charge in [-0.2, -0.15) is 0 Å². The molecule has 3 heterocycles. The highest BCUT2D eigenvalue weighted by molar-refractivity contribution is 6.10. The molecule has 38 heavy (non-hydrogen) atoms. The molecule has 1 aromatic heterocycles. The van der Waals surface area contributed by atoms with Crippen molar-refractivity contribution >= 4 is 34.2 Å².